The van der Waals surface area contributed by atoms with E-state index in [0.717, 1.165) is 32.1 Å². The molecule has 5 nitrogen and oxygen atoms in total. The van der Waals surface area contributed by atoms with Crippen molar-refractivity contribution < 1.29 is 20.1 Å². The molecule has 0 heterocycles. The molecule has 0 aliphatic heterocycles. The Morgan fingerprint density at radius 1 is 0.625 bits per heavy atom. The Hall–Kier alpha value is -0.650. The maximum atomic E-state index is 12.1. The van der Waals surface area contributed by atoms with Crippen LogP contribution in [0.15, 0.2) is 0 Å². The van der Waals surface area contributed by atoms with Gasteiger partial charge in [-0.15, -0.1) is 0 Å². The van der Waals surface area contributed by atoms with Gasteiger partial charge in [0.2, 0.25) is 5.91 Å². The number of hydrogen-bond acceptors (Lipinski definition) is 4. The number of hydrogen-bond donors (Lipinski definition) is 4. The molecule has 32 heavy (non-hydrogen) atoms. The molecular formula is C27H55NO4. The number of nitrogens with one attached hydrogen (secondary N) is 1. The van der Waals surface area contributed by atoms with Gasteiger partial charge in [-0.2, -0.15) is 0 Å². The fraction of sp³-hybridized carbons (Fsp3) is 0.963. The first-order valence-electron chi connectivity index (χ1n) is 13.8. The summed E-state index contributed by atoms with van der Waals surface area (Å²) in [6.45, 7) is 4.10. The SMILES string of the molecule is CCCCCCCCCCCCCCCC(O)C(CO)NC(=O)C(O)CCCCCCC. The van der Waals surface area contributed by atoms with E-state index in [-0.39, 0.29) is 6.61 Å². The Kier molecular flexibility index (Phi) is 23.0. The third-order valence-electron chi connectivity index (χ3n) is 6.48. The molecule has 0 aromatic carbocycles. The molecular weight excluding hydrogens is 402 g/mol. The highest BCUT2D eigenvalue weighted by molar-refractivity contribution is 5.80. The Balaban J connectivity index is 3.72. The predicted molar refractivity (Wildman–Crippen MR) is 135 cm³/mol. The van der Waals surface area contributed by atoms with Crippen LogP contribution in [-0.4, -0.2) is 46.1 Å². The van der Waals surface area contributed by atoms with Gasteiger partial charge in [0.05, 0.1) is 18.8 Å². The largest absolute Gasteiger partial charge is 0.394 e. The molecule has 0 aliphatic carbocycles. The zero-order valence-corrected chi connectivity index (χ0v) is 21.3. The van der Waals surface area contributed by atoms with Crippen molar-refractivity contribution in [2.75, 3.05) is 6.61 Å². The van der Waals surface area contributed by atoms with Crippen LogP contribution >= 0.6 is 0 Å². The van der Waals surface area contributed by atoms with E-state index in [1.165, 1.54) is 83.5 Å². The van der Waals surface area contributed by atoms with Crippen molar-refractivity contribution in [1.82, 2.24) is 5.32 Å². The van der Waals surface area contributed by atoms with Crippen LogP contribution in [0, 0.1) is 0 Å². The number of aliphatic hydroxyl groups excluding tert-OH is 3. The average molecular weight is 458 g/mol. The summed E-state index contributed by atoms with van der Waals surface area (Å²) in [7, 11) is 0. The lowest BCUT2D eigenvalue weighted by Crippen LogP contribution is -2.49. The fourth-order valence-corrected chi connectivity index (χ4v) is 4.19. The smallest absolute Gasteiger partial charge is 0.249 e. The molecule has 1 amide bonds. The first-order chi connectivity index (χ1) is 15.6. The topological polar surface area (TPSA) is 89.8 Å². The predicted octanol–water partition coefficient (Wildman–Crippen LogP) is 6.03. The summed E-state index contributed by atoms with van der Waals surface area (Å²) < 4.78 is 0. The summed E-state index contributed by atoms with van der Waals surface area (Å²) in [5, 5.41) is 32.5. The zero-order chi connectivity index (χ0) is 23.9. The van der Waals surface area contributed by atoms with E-state index >= 15 is 0 Å². The molecule has 0 rings (SSSR count). The van der Waals surface area contributed by atoms with E-state index in [2.05, 4.69) is 19.2 Å². The van der Waals surface area contributed by atoms with Gasteiger partial charge in [0.15, 0.2) is 0 Å². The second-order valence-electron chi connectivity index (χ2n) is 9.62. The van der Waals surface area contributed by atoms with Gasteiger partial charge in [-0.05, 0) is 12.8 Å². The lowest BCUT2D eigenvalue weighted by Gasteiger charge is -2.23. The van der Waals surface area contributed by atoms with Gasteiger partial charge in [-0.1, -0.05) is 129 Å². The maximum absolute atomic E-state index is 12.1. The second-order valence-corrected chi connectivity index (χ2v) is 9.62. The van der Waals surface area contributed by atoms with Crippen molar-refractivity contribution in [1.29, 1.82) is 0 Å². The monoisotopic (exact) mass is 457 g/mol. The van der Waals surface area contributed by atoms with Crippen LogP contribution in [0.2, 0.25) is 0 Å². The first-order valence-corrected chi connectivity index (χ1v) is 13.8. The molecule has 0 aliphatic rings. The standard InChI is InChI=1S/C27H55NO4/c1-3-5-7-9-10-11-12-13-14-15-16-18-19-21-25(30)24(23-29)28-27(32)26(31)22-20-17-8-6-4-2/h24-26,29-31H,3-23H2,1-2H3,(H,28,32). The molecule has 3 unspecified atom stereocenters. The molecule has 0 aromatic rings. The number of unbranched alkanes of at least 4 members (excludes halogenated alkanes) is 16. The number of aliphatic hydroxyl groups is 3. The van der Waals surface area contributed by atoms with Crippen LogP contribution < -0.4 is 5.32 Å². The Morgan fingerprint density at radius 2 is 1.00 bits per heavy atom. The molecule has 0 bridgehead atoms. The molecule has 0 aromatic heterocycles. The summed E-state index contributed by atoms with van der Waals surface area (Å²) >= 11 is 0. The molecule has 5 heteroatoms. The molecule has 3 atom stereocenters. The third kappa shape index (κ3) is 18.9. The third-order valence-corrected chi connectivity index (χ3v) is 6.48. The van der Waals surface area contributed by atoms with E-state index in [9.17, 15) is 20.1 Å². The van der Waals surface area contributed by atoms with Gasteiger partial charge in [-0.25, -0.2) is 0 Å². The van der Waals surface area contributed by atoms with Crippen molar-refractivity contribution >= 4 is 5.91 Å². The minimum Gasteiger partial charge on any atom is -0.394 e. The molecule has 192 valence electrons. The van der Waals surface area contributed by atoms with Crippen molar-refractivity contribution in [2.45, 2.75) is 161 Å². The van der Waals surface area contributed by atoms with Gasteiger partial charge in [-0.3, -0.25) is 4.79 Å². The summed E-state index contributed by atoms with van der Waals surface area (Å²) in [5.74, 6) is -0.482. The van der Waals surface area contributed by atoms with E-state index in [1.54, 1.807) is 0 Å². The van der Waals surface area contributed by atoms with Gasteiger partial charge >= 0.3 is 0 Å². The van der Waals surface area contributed by atoms with E-state index < -0.39 is 24.2 Å². The van der Waals surface area contributed by atoms with Gasteiger partial charge in [0.25, 0.3) is 0 Å². The lowest BCUT2D eigenvalue weighted by molar-refractivity contribution is -0.131. The van der Waals surface area contributed by atoms with Crippen LogP contribution in [0.1, 0.15) is 142 Å². The molecule has 0 saturated heterocycles. The summed E-state index contributed by atoms with van der Waals surface area (Å²) in [6, 6.07) is -0.699. The van der Waals surface area contributed by atoms with E-state index in [1.807, 2.05) is 0 Å². The number of carbonyl (C=O) groups excluding carboxylic acids is 1. The van der Waals surface area contributed by atoms with Gasteiger partial charge in [0.1, 0.15) is 6.10 Å². The minimum absolute atomic E-state index is 0.311. The summed E-state index contributed by atoms with van der Waals surface area (Å²) in [4.78, 5) is 12.1. The van der Waals surface area contributed by atoms with Crippen molar-refractivity contribution in [3.05, 3.63) is 0 Å². The quantitative estimate of drug-likeness (QED) is 0.133. The minimum atomic E-state index is -1.06. The van der Waals surface area contributed by atoms with Crippen LogP contribution in [0.5, 0.6) is 0 Å². The Labute approximate surface area is 198 Å². The molecule has 0 fully saturated rings. The second kappa shape index (κ2) is 23.5. The Morgan fingerprint density at radius 3 is 1.41 bits per heavy atom. The Bertz CT molecular complexity index is 405. The maximum Gasteiger partial charge on any atom is 0.249 e. The number of rotatable bonds is 24. The van der Waals surface area contributed by atoms with E-state index in [4.69, 9.17) is 0 Å². The first kappa shape index (κ1) is 31.4. The normalized spacial score (nSPS) is 14.3. The molecule has 0 spiro atoms. The summed E-state index contributed by atoms with van der Waals surface area (Å²) in [5.41, 5.74) is 0. The zero-order valence-electron chi connectivity index (χ0n) is 21.3. The molecule has 0 saturated carbocycles. The highest BCUT2D eigenvalue weighted by Gasteiger charge is 2.23. The fourth-order valence-electron chi connectivity index (χ4n) is 4.19. The highest BCUT2D eigenvalue weighted by atomic mass is 16.3. The number of carbonyl (C=O) groups is 1. The van der Waals surface area contributed by atoms with Gasteiger partial charge in [0, 0.05) is 0 Å². The van der Waals surface area contributed by atoms with Crippen molar-refractivity contribution in [2.24, 2.45) is 0 Å². The van der Waals surface area contributed by atoms with Crippen LogP contribution in [0.4, 0.5) is 0 Å². The number of amides is 1. The molecule has 4 N–H and O–H groups in total. The van der Waals surface area contributed by atoms with Crippen LogP contribution in [0.25, 0.3) is 0 Å². The average Bonchev–Trinajstić information content (AvgIpc) is 2.79. The van der Waals surface area contributed by atoms with E-state index in [0.29, 0.717) is 12.8 Å². The van der Waals surface area contributed by atoms with Crippen molar-refractivity contribution in [3.8, 4) is 0 Å². The van der Waals surface area contributed by atoms with Crippen LogP contribution in [0.3, 0.4) is 0 Å². The summed E-state index contributed by atoms with van der Waals surface area (Å²) in [6.07, 6.45) is 21.1. The highest BCUT2D eigenvalue weighted by Crippen LogP contribution is 2.14. The molecule has 0 radical (unpaired) electrons. The lowest BCUT2D eigenvalue weighted by atomic mass is 10.0. The van der Waals surface area contributed by atoms with Gasteiger partial charge < -0.3 is 20.6 Å². The van der Waals surface area contributed by atoms with Crippen molar-refractivity contribution in [3.63, 3.8) is 0 Å². The van der Waals surface area contributed by atoms with Crippen LogP contribution in [-0.2, 0) is 4.79 Å².